The van der Waals surface area contributed by atoms with Crippen LogP contribution in [0.5, 0.6) is 0 Å². The Kier molecular flexibility index (Phi) is 1.28. The Morgan fingerprint density at radius 3 is 2.33 bits per heavy atom. The summed E-state index contributed by atoms with van der Waals surface area (Å²) in [7, 11) is 0. The number of rotatable bonds is 2. The first-order valence-corrected chi connectivity index (χ1v) is 4.36. The van der Waals surface area contributed by atoms with E-state index in [2.05, 4.69) is 6.92 Å². The van der Waals surface area contributed by atoms with Gasteiger partial charge in [-0.15, -0.1) is 0 Å². The van der Waals surface area contributed by atoms with Gasteiger partial charge < -0.3 is 0 Å². The van der Waals surface area contributed by atoms with E-state index in [0.717, 1.165) is 17.8 Å². The van der Waals surface area contributed by atoms with Crippen molar-refractivity contribution in [1.82, 2.24) is 0 Å². The van der Waals surface area contributed by atoms with Crippen molar-refractivity contribution < 1.29 is 0 Å². The third-order valence-corrected chi connectivity index (χ3v) is 3.14. The van der Waals surface area contributed by atoms with Crippen molar-refractivity contribution >= 4 is 0 Å². The van der Waals surface area contributed by atoms with Gasteiger partial charge >= 0.3 is 0 Å². The normalized spacial score (nSPS) is 42.3. The molecular formula is C9H16. The van der Waals surface area contributed by atoms with Crippen LogP contribution in [0.4, 0.5) is 0 Å². The van der Waals surface area contributed by atoms with E-state index in [1.807, 2.05) is 0 Å². The Bertz CT molecular complexity index is 99.9. The highest BCUT2D eigenvalue weighted by Gasteiger charge is 2.35. The molecule has 0 aromatic heterocycles. The Balaban J connectivity index is 1.66. The maximum Gasteiger partial charge on any atom is -0.0383 e. The lowest BCUT2D eigenvalue weighted by atomic mass is 9.81. The van der Waals surface area contributed by atoms with Crippen LogP contribution in [-0.4, -0.2) is 0 Å². The summed E-state index contributed by atoms with van der Waals surface area (Å²) in [5.41, 5.74) is 0. The van der Waals surface area contributed by atoms with Crippen LogP contribution in [0.25, 0.3) is 0 Å². The molecule has 0 N–H and O–H groups in total. The van der Waals surface area contributed by atoms with Crippen molar-refractivity contribution in [2.45, 2.75) is 39.0 Å². The highest BCUT2D eigenvalue weighted by atomic mass is 14.4. The van der Waals surface area contributed by atoms with E-state index in [4.69, 9.17) is 0 Å². The van der Waals surface area contributed by atoms with E-state index in [1.54, 1.807) is 19.3 Å². The van der Waals surface area contributed by atoms with Crippen molar-refractivity contribution in [1.29, 1.82) is 0 Å². The van der Waals surface area contributed by atoms with Gasteiger partial charge in [0.25, 0.3) is 0 Å². The summed E-state index contributed by atoms with van der Waals surface area (Å²) in [6, 6.07) is 0. The molecule has 0 aromatic rings. The Morgan fingerprint density at radius 2 is 2.00 bits per heavy atom. The highest BCUT2D eigenvalue weighted by molar-refractivity contribution is 4.86. The van der Waals surface area contributed by atoms with Crippen LogP contribution in [-0.2, 0) is 0 Å². The van der Waals surface area contributed by atoms with Crippen molar-refractivity contribution in [3.05, 3.63) is 0 Å². The van der Waals surface area contributed by atoms with Crippen LogP contribution in [0.15, 0.2) is 0 Å². The van der Waals surface area contributed by atoms with Crippen molar-refractivity contribution in [2.75, 3.05) is 0 Å². The van der Waals surface area contributed by atoms with Gasteiger partial charge in [0.15, 0.2) is 0 Å². The van der Waals surface area contributed by atoms with Gasteiger partial charge in [-0.3, -0.25) is 0 Å². The lowest BCUT2D eigenvalue weighted by Crippen LogP contribution is -2.11. The first-order valence-electron chi connectivity index (χ1n) is 4.36. The van der Waals surface area contributed by atoms with Crippen LogP contribution in [0.2, 0.25) is 0 Å². The van der Waals surface area contributed by atoms with Crippen LogP contribution < -0.4 is 0 Å². The van der Waals surface area contributed by atoms with E-state index >= 15 is 0 Å². The summed E-state index contributed by atoms with van der Waals surface area (Å²) in [5.74, 6) is 3.39. The van der Waals surface area contributed by atoms with Gasteiger partial charge in [0.1, 0.15) is 0 Å². The Labute approximate surface area is 57.6 Å². The molecule has 0 saturated heterocycles. The minimum atomic E-state index is 1.09. The van der Waals surface area contributed by atoms with Crippen molar-refractivity contribution in [2.24, 2.45) is 17.8 Å². The summed E-state index contributed by atoms with van der Waals surface area (Å²) in [5, 5.41) is 0. The smallest absolute Gasteiger partial charge is 0.0383 e. The first kappa shape index (κ1) is 5.76. The van der Waals surface area contributed by atoms with E-state index < -0.39 is 0 Å². The zero-order valence-electron chi connectivity index (χ0n) is 6.27. The molecule has 2 aliphatic rings. The first-order chi connectivity index (χ1) is 4.36. The maximum atomic E-state index is 2.39. The van der Waals surface area contributed by atoms with Crippen LogP contribution in [0.3, 0.4) is 0 Å². The van der Waals surface area contributed by atoms with Gasteiger partial charge in [0.05, 0.1) is 0 Å². The molecule has 0 nitrogen and oxygen atoms in total. The minimum absolute atomic E-state index is 1.09. The average molecular weight is 124 g/mol. The van der Waals surface area contributed by atoms with E-state index in [9.17, 15) is 0 Å². The molecule has 0 spiro atoms. The molecule has 0 bridgehead atoms. The predicted molar refractivity (Wildman–Crippen MR) is 39.2 cm³/mol. The third-order valence-electron chi connectivity index (χ3n) is 3.14. The summed E-state index contributed by atoms with van der Waals surface area (Å²) in [6.45, 7) is 2.39. The zero-order chi connectivity index (χ0) is 6.27. The second-order valence-corrected chi connectivity index (χ2v) is 4.01. The van der Waals surface area contributed by atoms with Gasteiger partial charge in [0.2, 0.25) is 0 Å². The predicted octanol–water partition coefficient (Wildman–Crippen LogP) is 2.83. The lowest BCUT2D eigenvalue weighted by Gasteiger charge is -2.25. The van der Waals surface area contributed by atoms with Gasteiger partial charge in [-0.25, -0.2) is 0 Å². The molecule has 2 unspecified atom stereocenters. The van der Waals surface area contributed by atoms with Crippen molar-refractivity contribution in [3.8, 4) is 0 Å². The van der Waals surface area contributed by atoms with Crippen LogP contribution in [0.1, 0.15) is 39.0 Å². The SMILES string of the molecule is CC1CC1CC1CCC1. The molecule has 2 aliphatic carbocycles. The maximum absolute atomic E-state index is 2.39. The molecular weight excluding hydrogens is 108 g/mol. The third kappa shape index (κ3) is 1.12. The van der Waals surface area contributed by atoms with Gasteiger partial charge in [0, 0.05) is 0 Å². The van der Waals surface area contributed by atoms with Gasteiger partial charge in [-0.05, 0) is 30.6 Å². The molecule has 0 heteroatoms. The molecule has 52 valence electrons. The van der Waals surface area contributed by atoms with Crippen LogP contribution >= 0.6 is 0 Å². The fourth-order valence-corrected chi connectivity index (χ4v) is 1.88. The molecule has 0 amide bonds. The summed E-state index contributed by atoms with van der Waals surface area (Å²) in [6.07, 6.45) is 7.72. The summed E-state index contributed by atoms with van der Waals surface area (Å²) < 4.78 is 0. The summed E-state index contributed by atoms with van der Waals surface area (Å²) >= 11 is 0. The molecule has 9 heavy (non-hydrogen) atoms. The minimum Gasteiger partial charge on any atom is -0.0622 e. The monoisotopic (exact) mass is 124 g/mol. The Hall–Kier alpha value is 0. The lowest BCUT2D eigenvalue weighted by molar-refractivity contribution is 0.279. The number of hydrogen-bond donors (Lipinski definition) is 0. The standard InChI is InChI=1S/C9H16/c1-7-5-9(7)6-8-3-2-4-8/h7-9H,2-6H2,1H3. The van der Waals surface area contributed by atoms with E-state index in [0.29, 0.717) is 0 Å². The van der Waals surface area contributed by atoms with E-state index in [1.165, 1.54) is 12.8 Å². The van der Waals surface area contributed by atoms with Gasteiger partial charge in [-0.2, -0.15) is 0 Å². The molecule has 2 rings (SSSR count). The molecule has 0 radical (unpaired) electrons. The fourth-order valence-electron chi connectivity index (χ4n) is 1.88. The Morgan fingerprint density at radius 1 is 1.33 bits per heavy atom. The average Bonchev–Trinajstić information content (AvgIpc) is 2.36. The molecule has 2 saturated carbocycles. The quantitative estimate of drug-likeness (QED) is 0.531. The second-order valence-electron chi connectivity index (χ2n) is 4.01. The molecule has 0 aromatic carbocycles. The molecule has 0 aliphatic heterocycles. The van der Waals surface area contributed by atoms with Crippen LogP contribution in [0, 0.1) is 17.8 Å². The van der Waals surface area contributed by atoms with Gasteiger partial charge in [-0.1, -0.05) is 26.2 Å². The number of hydrogen-bond acceptors (Lipinski definition) is 0. The topological polar surface area (TPSA) is 0 Å². The molecule has 2 atom stereocenters. The highest BCUT2D eigenvalue weighted by Crippen LogP contribution is 2.46. The molecule has 0 heterocycles. The second kappa shape index (κ2) is 2.00. The largest absolute Gasteiger partial charge is 0.0622 e. The fraction of sp³-hybridized carbons (Fsp3) is 1.00. The van der Waals surface area contributed by atoms with Crippen molar-refractivity contribution in [3.63, 3.8) is 0 Å². The zero-order valence-corrected chi connectivity index (χ0v) is 6.27. The summed E-state index contributed by atoms with van der Waals surface area (Å²) in [4.78, 5) is 0. The molecule has 2 fully saturated rings. The van der Waals surface area contributed by atoms with E-state index in [-0.39, 0.29) is 0 Å².